The summed E-state index contributed by atoms with van der Waals surface area (Å²) in [6.07, 6.45) is -5.85. The number of carbonyl (C=O) groups is 2. The molecule has 340 valence electrons. The van der Waals surface area contributed by atoms with Gasteiger partial charge in [-0.15, -0.1) is 0 Å². The van der Waals surface area contributed by atoms with Crippen LogP contribution in [0, 0.1) is 0 Å². The SMILES string of the molecule is CN(C)c1ccc2c(-c3ccc(C(=O)NCc4ccc(COc5ccc(Cc6cc([C@@H]7O[C@H](CO)[C@@H](O)[C@H](O)[C@H]7O)ccc6Cl)cc5)cc4)cc3C(=O)[O-])c3ccc(=[N+](C)C)cc-3oc2c1. The van der Waals surface area contributed by atoms with E-state index in [-0.39, 0.29) is 17.7 Å². The molecule has 5 aromatic rings. The van der Waals surface area contributed by atoms with Crippen molar-refractivity contribution in [3.8, 4) is 28.2 Å². The van der Waals surface area contributed by atoms with Gasteiger partial charge in [0.2, 0.25) is 5.36 Å². The van der Waals surface area contributed by atoms with Crippen LogP contribution in [-0.2, 0) is 24.3 Å². The van der Waals surface area contributed by atoms with Crippen LogP contribution in [0.25, 0.3) is 33.4 Å². The van der Waals surface area contributed by atoms with E-state index in [1.54, 1.807) is 30.3 Å². The predicted octanol–water partition coefficient (Wildman–Crippen LogP) is 4.93. The van der Waals surface area contributed by atoms with Crippen molar-refractivity contribution in [3.63, 3.8) is 0 Å². The number of nitrogens with one attached hydrogen (secondary N) is 1. The van der Waals surface area contributed by atoms with Crippen LogP contribution in [0.15, 0.2) is 126 Å². The number of hydrogen-bond donors (Lipinski definition) is 5. The van der Waals surface area contributed by atoms with E-state index in [9.17, 15) is 35.1 Å². The highest BCUT2D eigenvalue weighted by Crippen LogP contribution is 2.42. The molecule has 0 unspecified atom stereocenters. The summed E-state index contributed by atoms with van der Waals surface area (Å²) in [6, 6.07) is 36.5. The number of aromatic carboxylic acids is 1. The summed E-state index contributed by atoms with van der Waals surface area (Å²) in [7, 11) is 7.74. The van der Waals surface area contributed by atoms with Crippen molar-refractivity contribution in [2.75, 3.05) is 39.7 Å². The van der Waals surface area contributed by atoms with Crippen LogP contribution >= 0.6 is 11.6 Å². The zero-order valence-corrected chi connectivity index (χ0v) is 37.5. The largest absolute Gasteiger partial charge is 0.545 e. The van der Waals surface area contributed by atoms with Crippen molar-refractivity contribution >= 4 is 40.1 Å². The van der Waals surface area contributed by atoms with Gasteiger partial charge in [-0.05, 0) is 88.3 Å². The van der Waals surface area contributed by atoms with Gasteiger partial charge in [0.15, 0.2) is 0 Å². The Labute approximate surface area is 386 Å². The molecule has 66 heavy (non-hydrogen) atoms. The van der Waals surface area contributed by atoms with Crippen LogP contribution in [0.1, 0.15) is 54.6 Å². The van der Waals surface area contributed by atoms with Gasteiger partial charge in [-0.1, -0.05) is 66.2 Å². The Morgan fingerprint density at radius 2 is 1.52 bits per heavy atom. The lowest BCUT2D eigenvalue weighted by molar-refractivity contribution is -0.254. The van der Waals surface area contributed by atoms with Gasteiger partial charge in [-0.25, -0.2) is 4.58 Å². The third kappa shape index (κ3) is 9.68. The molecule has 1 aliphatic carbocycles. The van der Waals surface area contributed by atoms with Gasteiger partial charge in [-0.2, -0.15) is 0 Å². The molecule has 0 spiro atoms. The Hall–Kier alpha value is -6.58. The summed E-state index contributed by atoms with van der Waals surface area (Å²) in [4.78, 5) is 28.2. The molecule has 0 bridgehead atoms. The number of halogens is 1. The molecule has 1 amide bonds. The lowest BCUT2D eigenvalue weighted by atomic mass is 9.89. The fraction of sp³-hybridized carbons (Fsp3) is 0.250. The third-order valence-corrected chi connectivity index (χ3v) is 12.4. The van der Waals surface area contributed by atoms with Crippen LogP contribution in [0.2, 0.25) is 5.02 Å². The standard InChI is InChI=1S/C52H50ClN3O10/c1-55(2)35-13-18-39-43(24-35)65-44-25-36(56(3)4)14-19-40(44)46(39)38-17-11-33(23-41(38)52(62)63)51(61)54-26-30-5-7-31(8-6-30)28-64-37-15-9-29(10-16-37)21-34-22-32(12-20-42(34)53)50-49(60)48(59)47(58)45(27-57)66-50/h5-20,22-25,45,47-50,57-60H,21,26-28H2,1-4H3,(H-,54,61,62,63)/t45-,47-,48+,49-,50+/m1/s1. The Morgan fingerprint density at radius 3 is 2.21 bits per heavy atom. The van der Waals surface area contributed by atoms with E-state index >= 15 is 0 Å². The molecular formula is C52H50ClN3O10. The first-order chi connectivity index (χ1) is 31.7. The van der Waals surface area contributed by atoms with E-state index in [1.807, 2.05) is 123 Å². The van der Waals surface area contributed by atoms with Gasteiger partial charge in [0, 0.05) is 71.1 Å². The van der Waals surface area contributed by atoms with E-state index in [4.69, 9.17) is 25.5 Å². The summed E-state index contributed by atoms with van der Waals surface area (Å²) < 4.78 is 20.2. The number of amides is 1. The minimum atomic E-state index is -1.48. The van der Waals surface area contributed by atoms with E-state index in [0.717, 1.165) is 44.2 Å². The number of fused-ring (bicyclic) bond motifs is 2. The highest BCUT2D eigenvalue weighted by molar-refractivity contribution is 6.31. The molecule has 0 saturated carbocycles. The highest BCUT2D eigenvalue weighted by Gasteiger charge is 2.44. The van der Waals surface area contributed by atoms with Crippen molar-refractivity contribution in [2.45, 2.75) is 50.1 Å². The summed E-state index contributed by atoms with van der Waals surface area (Å²) in [5.74, 6) is -0.611. The monoisotopic (exact) mass is 911 g/mol. The van der Waals surface area contributed by atoms with Crippen molar-refractivity contribution in [2.24, 2.45) is 0 Å². The number of aliphatic hydroxyl groups excluding tert-OH is 4. The van der Waals surface area contributed by atoms with Crippen LogP contribution in [0.4, 0.5) is 5.69 Å². The molecule has 5 aromatic carbocycles. The number of nitrogens with zero attached hydrogens (tertiary/aromatic N) is 2. The lowest BCUT2D eigenvalue weighted by Crippen LogP contribution is -2.55. The number of ether oxygens (including phenoxy) is 2. The molecule has 5 atom stereocenters. The summed E-state index contributed by atoms with van der Waals surface area (Å²) in [5.41, 5.74) is 7.36. The topological polar surface area (TPSA) is 188 Å². The van der Waals surface area contributed by atoms with Crippen molar-refractivity contribution < 1.29 is 49.0 Å². The van der Waals surface area contributed by atoms with Gasteiger partial charge in [0.25, 0.3) is 5.91 Å². The average Bonchev–Trinajstić information content (AvgIpc) is 3.32. The Bertz CT molecular complexity index is 2950. The predicted molar refractivity (Wildman–Crippen MR) is 249 cm³/mol. The molecule has 2 heterocycles. The number of benzene rings is 6. The van der Waals surface area contributed by atoms with Crippen LogP contribution in [0.5, 0.6) is 5.75 Å². The number of aliphatic hydroxyl groups is 4. The number of carboxylic acids is 1. The van der Waals surface area contributed by atoms with E-state index < -0.39 is 49.0 Å². The maximum absolute atomic E-state index is 13.5. The minimum Gasteiger partial charge on any atom is -0.545 e. The second kappa shape index (κ2) is 19.5. The lowest BCUT2D eigenvalue weighted by Gasteiger charge is -2.40. The fourth-order valence-corrected chi connectivity index (χ4v) is 8.38. The molecule has 0 aromatic heterocycles. The molecule has 0 radical (unpaired) electrons. The number of carbonyl (C=O) groups excluding carboxylic acids is 2. The average molecular weight is 912 g/mol. The molecular weight excluding hydrogens is 862 g/mol. The third-order valence-electron chi connectivity index (χ3n) is 12.0. The van der Waals surface area contributed by atoms with Gasteiger partial charge < -0.3 is 54.4 Å². The molecule has 2 aliphatic heterocycles. The first-order valence-corrected chi connectivity index (χ1v) is 21.8. The van der Waals surface area contributed by atoms with Crippen LogP contribution in [-0.4, -0.2) is 91.5 Å². The maximum atomic E-state index is 13.5. The van der Waals surface area contributed by atoms with E-state index in [1.165, 1.54) is 6.07 Å². The zero-order chi connectivity index (χ0) is 46.8. The molecule has 3 aliphatic rings. The fourth-order valence-electron chi connectivity index (χ4n) is 8.20. The summed E-state index contributed by atoms with van der Waals surface area (Å²) in [5, 5.41) is 58.5. The second-order valence-electron chi connectivity index (χ2n) is 16.9. The second-order valence-corrected chi connectivity index (χ2v) is 17.3. The maximum Gasteiger partial charge on any atom is 0.251 e. The van der Waals surface area contributed by atoms with Gasteiger partial charge in [0.1, 0.15) is 68.3 Å². The van der Waals surface area contributed by atoms with Crippen LogP contribution < -0.4 is 30.0 Å². The zero-order valence-electron chi connectivity index (χ0n) is 36.8. The molecule has 8 rings (SSSR count). The van der Waals surface area contributed by atoms with Crippen molar-refractivity contribution in [1.82, 2.24) is 9.89 Å². The normalized spacial score (nSPS) is 18.3. The first-order valence-electron chi connectivity index (χ1n) is 21.4. The number of carboxylic acid groups (broad SMARTS) is 1. The first kappa shape index (κ1) is 46.0. The van der Waals surface area contributed by atoms with Gasteiger partial charge in [0.05, 0.1) is 18.6 Å². The highest BCUT2D eigenvalue weighted by atomic mass is 35.5. The Balaban J connectivity index is 0.905. The Morgan fingerprint density at radius 1 is 0.803 bits per heavy atom. The molecule has 5 N–H and O–H groups in total. The number of hydrogen-bond acceptors (Lipinski definition) is 11. The van der Waals surface area contributed by atoms with E-state index in [2.05, 4.69) is 5.32 Å². The molecule has 1 saturated heterocycles. The molecule has 13 nitrogen and oxygen atoms in total. The molecule has 1 fully saturated rings. The number of anilines is 1. The quantitative estimate of drug-likeness (QED) is 0.0780. The smallest absolute Gasteiger partial charge is 0.251 e. The van der Waals surface area contributed by atoms with E-state index in [0.29, 0.717) is 51.8 Å². The molecule has 14 heteroatoms. The van der Waals surface area contributed by atoms with Gasteiger partial charge in [-0.3, -0.25) is 4.79 Å². The summed E-state index contributed by atoms with van der Waals surface area (Å²) >= 11 is 6.54. The van der Waals surface area contributed by atoms with Crippen LogP contribution in [0.3, 0.4) is 0 Å². The van der Waals surface area contributed by atoms with Gasteiger partial charge >= 0.3 is 0 Å². The minimum absolute atomic E-state index is 0.117. The van der Waals surface area contributed by atoms with Crippen molar-refractivity contribution in [1.29, 1.82) is 0 Å². The summed E-state index contributed by atoms with van der Waals surface area (Å²) in [6.45, 7) is -0.0134. The van der Waals surface area contributed by atoms with Crippen molar-refractivity contribution in [3.05, 3.63) is 171 Å². The number of rotatable bonds is 13. The Kier molecular flexibility index (Phi) is 13.6.